The molecule has 0 atom stereocenters. The smallest absolute Gasteiger partial charge is 0.225 e. The molecule has 0 aliphatic heterocycles. The summed E-state index contributed by atoms with van der Waals surface area (Å²) < 4.78 is 0. The molecule has 4 aromatic rings. The fourth-order valence-electron chi connectivity index (χ4n) is 5.69. The Kier molecular flexibility index (Phi) is 9.33. The normalized spacial score (nSPS) is 16.9. The first-order valence-corrected chi connectivity index (χ1v) is 14.8. The number of fused-ring (bicyclic) bond motifs is 2. The second kappa shape index (κ2) is 13.5. The van der Waals surface area contributed by atoms with Crippen LogP contribution in [-0.4, -0.2) is 60.0 Å². The number of H-pyrrole nitrogens is 1. The lowest BCUT2D eigenvalue weighted by atomic mass is 9.86. The van der Waals surface area contributed by atoms with Gasteiger partial charge in [-0.3, -0.25) is 9.59 Å². The van der Waals surface area contributed by atoms with Crippen molar-refractivity contribution < 1.29 is 9.59 Å². The average Bonchev–Trinajstić information content (AvgIpc) is 3.39. The van der Waals surface area contributed by atoms with Gasteiger partial charge in [0.25, 0.3) is 0 Å². The number of carbonyl (C=O) groups is 2. The van der Waals surface area contributed by atoms with E-state index in [0.29, 0.717) is 43.8 Å². The van der Waals surface area contributed by atoms with E-state index in [9.17, 15) is 9.59 Å². The van der Waals surface area contributed by atoms with Crippen LogP contribution in [0.1, 0.15) is 50.5 Å². The van der Waals surface area contributed by atoms with Crippen molar-refractivity contribution in [2.75, 3.05) is 37.4 Å². The van der Waals surface area contributed by atoms with Crippen LogP contribution in [0.25, 0.3) is 21.8 Å². The Hall–Kier alpha value is -4.14. The molecule has 1 aliphatic carbocycles. The van der Waals surface area contributed by atoms with Gasteiger partial charge in [0.15, 0.2) is 0 Å². The first-order valence-electron chi connectivity index (χ1n) is 14.8. The van der Waals surface area contributed by atoms with Crippen molar-refractivity contribution in [3.8, 4) is 0 Å². The van der Waals surface area contributed by atoms with Crippen molar-refractivity contribution in [3.05, 3.63) is 60.3 Å². The molecule has 41 heavy (non-hydrogen) atoms. The summed E-state index contributed by atoms with van der Waals surface area (Å²) in [6.45, 7) is 1.05. The number of aromatic nitrogens is 3. The van der Waals surface area contributed by atoms with Gasteiger partial charge in [-0.05, 0) is 68.2 Å². The summed E-state index contributed by atoms with van der Waals surface area (Å²) in [5.74, 6) is 2.04. The van der Waals surface area contributed by atoms with Gasteiger partial charge in [-0.15, -0.1) is 0 Å². The fraction of sp³-hybridized carbons (Fsp3) is 0.438. The van der Waals surface area contributed by atoms with Gasteiger partial charge in [0.1, 0.15) is 5.82 Å². The third-order valence-corrected chi connectivity index (χ3v) is 7.97. The van der Waals surface area contributed by atoms with Crippen LogP contribution >= 0.6 is 0 Å². The van der Waals surface area contributed by atoms with Crippen molar-refractivity contribution in [2.45, 2.75) is 57.4 Å². The first kappa shape index (κ1) is 28.4. The maximum atomic E-state index is 12.4. The SMILES string of the molecule is CN(C)c1nc(NC2CCC(CNC(=O)CCNC(=O)CCCc3c[nH]c4ccccc34)CC2)nc2ccccc12. The second-order valence-electron chi connectivity index (χ2n) is 11.3. The van der Waals surface area contributed by atoms with Crippen LogP contribution in [0, 0.1) is 5.92 Å². The molecule has 4 N–H and O–H groups in total. The minimum Gasteiger partial charge on any atom is -0.362 e. The van der Waals surface area contributed by atoms with E-state index in [-0.39, 0.29) is 11.8 Å². The zero-order valence-electron chi connectivity index (χ0n) is 24.1. The van der Waals surface area contributed by atoms with Gasteiger partial charge in [-0.2, -0.15) is 4.98 Å². The van der Waals surface area contributed by atoms with E-state index in [4.69, 9.17) is 9.97 Å². The monoisotopic (exact) mass is 555 g/mol. The molecule has 1 fully saturated rings. The summed E-state index contributed by atoms with van der Waals surface area (Å²) in [7, 11) is 4.00. The molecule has 0 spiro atoms. The summed E-state index contributed by atoms with van der Waals surface area (Å²) in [6.07, 6.45) is 8.53. The third kappa shape index (κ3) is 7.54. The largest absolute Gasteiger partial charge is 0.362 e. The highest BCUT2D eigenvalue weighted by Crippen LogP contribution is 2.28. The molecule has 0 radical (unpaired) electrons. The number of benzene rings is 2. The van der Waals surface area contributed by atoms with Crippen molar-refractivity contribution in [2.24, 2.45) is 5.92 Å². The highest BCUT2D eigenvalue weighted by molar-refractivity contribution is 5.90. The summed E-state index contributed by atoms with van der Waals surface area (Å²) in [5.41, 5.74) is 3.29. The van der Waals surface area contributed by atoms with Gasteiger partial charge in [-0.1, -0.05) is 30.3 Å². The first-order chi connectivity index (χ1) is 20.0. The standard InChI is InChI=1S/C32H41N7O2/c1-39(2)31-26-10-4-6-12-28(26)37-32(38-31)36-24-16-14-22(15-17-24)20-35-30(41)18-19-33-29(40)13-7-8-23-21-34-27-11-5-3-9-25(23)27/h3-6,9-12,21-22,24,34H,7-8,13-20H2,1-2H3,(H,33,40)(H,35,41)(H,36,37,38). The number of hydrogen-bond acceptors (Lipinski definition) is 6. The molecule has 5 rings (SSSR count). The van der Waals surface area contributed by atoms with Gasteiger partial charge < -0.3 is 25.8 Å². The lowest BCUT2D eigenvalue weighted by molar-refractivity contribution is -0.122. The molecule has 216 valence electrons. The van der Waals surface area contributed by atoms with Crippen molar-refractivity contribution in [3.63, 3.8) is 0 Å². The predicted octanol–water partition coefficient (Wildman–Crippen LogP) is 4.79. The molecule has 0 bridgehead atoms. The molecule has 0 unspecified atom stereocenters. The molecule has 2 amide bonds. The van der Waals surface area contributed by atoms with Crippen LogP contribution in [0.3, 0.4) is 0 Å². The van der Waals surface area contributed by atoms with Crippen LogP contribution in [-0.2, 0) is 16.0 Å². The number of aryl methyl sites for hydroxylation is 1. The zero-order chi connectivity index (χ0) is 28.6. The maximum Gasteiger partial charge on any atom is 0.225 e. The highest BCUT2D eigenvalue weighted by atomic mass is 16.2. The van der Waals surface area contributed by atoms with Crippen LogP contribution in [0.2, 0.25) is 0 Å². The number of para-hydroxylation sites is 2. The number of carbonyl (C=O) groups excluding carboxylic acids is 2. The van der Waals surface area contributed by atoms with E-state index in [2.05, 4.69) is 39.1 Å². The summed E-state index contributed by atoms with van der Waals surface area (Å²) in [6, 6.07) is 16.6. The van der Waals surface area contributed by atoms with Gasteiger partial charge in [0.2, 0.25) is 17.8 Å². The minimum absolute atomic E-state index is 0.00319. The highest BCUT2D eigenvalue weighted by Gasteiger charge is 2.23. The van der Waals surface area contributed by atoms with E-state index >= 15 is 0 Å². The topological polar surface area (TPSA) is 115 Å². The molecule has 2 heterocycles. The van der Waals surface area contributed by atoms with Crippen molar-refractivity contribution >= 4 is 45.4 Å². The van der Waals surface area contributed by atoms with E-state index in [1.54, 1.807) is 0 Å². The van der Waals surface area contributed by atoms with Gasteiger partial charge in [0, 0.05) is 68.6 Å². The molecule has 9 nitrogen and oxygen atoms in total. The number of nitrogens with one attached hydrogen (secondary N) is 4. The quantitative estimate of drug-likeness (QED) is 0.200. The summed E-state index contributed by atoms with van der Waals surface area (Å²) in [5, 5.41) is 11.8. The maximum absolute atomic E-state index is 12.4. The van der Waals surface area contributed by atoms with E-state index in [0.717, 1.165) is 60.8 Å². The number of anilines is 2. The molecule has 2 aromatic carbocycles. The van der Waals surface area contributed by atoms with Crippen LogP contribution in [0.5, 0.6) is 0 Å². The lowest BCUT2D eigenvalue weighted by Crippen LogP contribution is -2.35. The van der Waals surface area contributed by atoms with Gasteiger partial charge in [0.05, 0.1) is 5.52 Å². The van der Waals surface area contributed by atoms with E-state index < -0.39 is 0 Å². The van der Waals surface area contributed by atoms with E-state index in [1.165, 1.54) is 10.9 Å². The predicted molar refractivity (Wildman–Crippen MR) is 165 cm³/mol. The molecule has 0 saturated heterocycles. The van der Waals surface area contributed by atoms with Gasteiger partial charge in [-0.25, -0.2) is 4.98 Å². The number of aromatic amines is 1. The Morgan fingerprint density at radius 3 is 2.44 bits per heavy atom. The number of amides is 2. The molecule has 1 aliphatic rings. The van der Waals surface area contributed by atoms with Gasteiger partial charge >= 0.3 is 0 Å². The fourth-order valence-corrected chi connectivity index (χ4v) is 5.69. The summed E-state index contributed by atoms with van der Waals surface area (Å²) >= 11 is 0. The Bertz CT molecular complexity index is 1470. The summed E-state index contributed by atoms with van der Waals surface area (Å²) in [4.78, 5) is 39.4. The number of rotatable bonds is 12. The second-order valence-corrected chi connectivity index (χ2v) is 11.3. The third-order valence-electron chi connectivity index (χ3n) is 7.97. The van der Waals surface area contributed by atoms with Crippen LogP contribution in [0.4, 0.5) is 11.8 Å². The van der Waals surface area contributed by atoms with Crippen LogP contribution < -0.4 is 20.9 Å². The lowest BCUT2D eigenvalue weighted by Gasteiger charge is -2.29. The Labute approximate surface area is 241 Å². The van der Waals surface area contributed by atoms with E-state index in [1.807, 2.05) is 55.5 Å². The molecule has 2 aromatic heterocycles. The average molecular weight is 556 g/mol. The Morgan fingerprint density at radius 1 is 0.902 bits per heavy atom. The number of nitrogens with zero attached hydrogens (tertiary/aromatic N) is 3. The van der Waals surface area contributed by atoms with Crippen LogP contribution in [0.15, 0.2) is 54.7 Å². The molecular formula is C32H41N7O2. The van der Waals surface area contributed by atoms with Crippen molar-refractivity contribution in [1.82, 2.24) is 25.6 Å². The minimum atomic E-state index is -0.00915. The Morgan fingerprint density at radius 2 is 1.63 bits per heavy atom. The zero-order valence-corrected chi connectivity index (χ0v) is 24.1. The van der Waals surface area contributed by atoms with Crippen molar-refractivity contribution in [1.29, 1.82) is 0 Å². The molecular weight excluding hydrogens is 514 g/mol. The Balaban J connectivity index is 0.961. The number of hydrogen-bond donors (Lipinski definition) is 4. The molecule has 1 saturated carbocycles. The molecule has 9 heteroatoms.